The smallest absolute Gasteiger partial charge is 0.255 e. The first-order valence-corrected chi connectivity index (χ1v) is 11.8. The second-order valence-corrected chi connectivity index (χ2v) is 9.59. The largest absolute Gasteiger partial charge is 0.272 e. The fourth-order valence-corrected chi connectivity index (χ4v) is 4.53. The Labute approximate surface area is 190 Å². The predicted octanol–water partition coefficient (Wildman–Crippen LogP) is 3.83. The number of rotatable bonds is 9. The molecule has 1 amide bonds. The van der Waals surface area contributed by atoms with Gasteiger partial charge in [-0.3, -0.25) is 4.79 Å². The lowest BCUT2D eigenvalue weighted by molar-refractivity contribution is -0.121. The van der Waals surface area contributed by atoms with Gasteiger partial charge in [0.2, 0.25) is 10.0 Å². The van der Waals surface area contributed by atoms with Gasteiger partial charge in [0.1, 0.15) is 0 Å². The fraction of sp³-hybridized carbons (Fsp3) is 0.130. The van der Waals surface area contributed by atoms with Crippen LogP contribution in [0.15, 0.2) is 99.4 Å². The van der Waals surface area contributed by atoms with Crippen LogP contribution >= 0.6 is 15.9 Å². The highest BCUT2D eigenvalue weighted by molar-refractivity contribution is 9.10. The molecule has 0 unspecified atom stereocenters. The molecule has 0 aromatic heterocycles. The van der Waals surface area contributed by atoms with Gasteiger partial charge in [0.05, 0.1) is 17.7 Å². The average Bonchev–Trinajstić information content (AvgIpc) is 2.79. The Kier molecular flexibility index (Phi) is 8.11. The van der Waals surface area contributed by atoms with E-state index in [9.17, 15) is 13.2 Å². The van der Waals surface area contributed by atoms with Gasteiger partial charge in [-0.05, 0) is 41.8 Å². The number of hydrogen-bond acceptors (Lipinski definition) is 4. The summed E-state index contributed by atoms with van der Waals surface area (Å²) in [6.07, 6.45) is 1.99. The lowest BCUT2D eigenvalue weighted by atomic mass is 10.1. The molecule has 0 atom stereocenters. The Bertz CT molecular complexity index is 1120. The molecule has 0 radical (unpaired) electrons. The molecule has 0 fully saturated rings. The van der Waals surface area contributed by atoms with Crippen LogP contribution in [-0.4, -0.2) is 37.9 Å². The van der Waals surface area contributed by atoms with Crippen LogP contribution in [-0.2, 0) is 21.2 Å². The Morgan fingerprint density at radius 2 is 1.55 bits per heavy atom. The first kappa shape index (κ1) is 22.9. The van der Waals surface area contributed by atoms with Crippen LogP contribution in [0, 0.1) is 0 Å². The molecule has 0 aliphatic carbocycles. The number of hydrazone groups is 1. The molecule has 6 nitrogen and oxygen atoms in total. The van der Waals surface area contributed by atoms with Gasteiger partial charge in [-0.25, -0.2) is 13.8 Å². The first-order valence-electron chi connectivity index (χ1n) is 9.62. The molecule has 3 rings (SSSR count). The van der Waals surface area contributed by atoms with Crippen molar-refractivity contribution in [1.82, 2.24) is 9.73 Å². The van der Waals surface area contributed by atoms with Gasteiger partial charge in [0.15, 0.2) is 0 Å². The average molecular weight is 500 g/mol. The van der Waals surface area contributed by atoms with E-state index in [1.807, 2.05) is 54.6 Å². The van der Waals surface area contributed by atoms with Crippen molar-refractivity contribution < 1.29 is 13.2 Å². The molecule has 3 aromatic carbocycles. The molecule has 0 spiro atoms. The normalized spacial score (nSPS) is 11.7. The van der Waals surface area contributed by atoms with Crippen LogP contribution in [0.25, 0.3) is 0 Å². The molecule has 0 bridgehead atoms. The summed E-state index contributed by atoms with van der Waals surface area (Å²) in [4.78, 5) is 12.6. The lowest BCUT2D eigenvalue weighted by Crippen LogP contribution is -2.40. The van der Waals surface area contributed by atoms with E-state index in [2.05, 4.69) is 26.5 Å². The Balaban J connectivity index is 1.70. The zero-order valence-electron chi connectivity index (χ0n) is 16.7. The zero-order valence-corrected chi connectivity index (χ0v) is 19.1. The molecule has 0 aliphatic heterocycles. The molecule has 0 saturated heterocycles. The number of sulfonamides is 1. The van der Waals surface area contributed by atoms with Gasteiger partial charge in [-0.15, -0.1) is 0 Å². The minimum atomic E-state index is -3.83. The molecule has 1 N–H and O–H groups in total. The van der Waals surface area contributed by atoms with Crippen molar-refractivity contribution >= 4 is 38.1 Å². The van der Waals surface area contributed by atoms with Gasteiger partial charge in [0, 0.05) is 11.0 Å². The SMILES string of the molecule is O=C(CN(CCc1ccccc1)S(=O)(=O)c1ccccc1)N/N=C/c1ccc(Br)cc1. The van der Waals surface area contributed by atoms with E-state index >= 15 is 0 Å². The molecule has 8 heteroatoms. The second-order valence-electron chi connectivity index (χ2n) is 6.73. The van der Waals surface area contributed by atoms with Crippen LogP contribution in [0.2, 0.25) is 0 Å². The van der Waals surface area contributed by atoms with E-state index in [1.165, 1.54) is 22.7 Å². The minimum Gasteiger partial charge on any atom is -0.272 e. The van der Waals surface area contributed by atoms with Crippen molar-refractivity contribution in [2.24, 2.45) is 5.10 Å². The van der Waals surface area contributed by atoms with Gasteiger partial charge in [0.25, 0.3) is 5.91 Å². The summed E-state index contributed by atoms with van der Waals surface area (Å²) in [6.45, 7) is -0.160. The first-order chi connectivity index (χ1) is 14.9. The number of nitrogens with one attached hydrogen (secondary N) is 1. The molecule has 0 aliphatic rings. The number of hydrogen-bond donors (Lipinski definition) is 1. The summed E-state index contributed by atoms with van der Waals surface area (Å²) >= 11 is 3.36. The zero-order chi connectivity index (χ0) is 22.1. The summed E-state index contributed by atoms with van der Waals surface area (Å²) in [5.41, 5.74) is 4.21. The summed E-state index contributed by atoms with van der Waals surface area (Å²) in [5.74, 6) is -0.513. The summed E-state index contributed by atoms with van der Waals surface area (Å²) < 4.78 is 28.4. The second kappa shape index (κ2) is 11.0. The van der Waals surface area contributed by atoms with Gasteiger partial charge >= 0.3 is 0 Å². The van der Waals surface area contributed by atoms with Crippen molar-refractivity contribution in [3.63, 3.8) is 0 Å². The van der Waals surface area contributed by atoms with E-state index in [1.54, 1.807) is 18.2 Å². The Morgan fingerprint density at radius 3 is 2.19 bits per heavy atom. The summed E-state index contributed by atoms with van der Waals surface area (Å²) in [5, 5.41) is 3.94. The number of benzene rings is 3. The maximum Gasteiger partial charge on any atom is 0.255 e. The van der Waals surface area contributed by atoms with Crippen molar-refractivity contribution in [2.45, 2.75) is 11.3 Å². The van der Waals surface area contributed by atoms with E-state index in [0.717, 1.165) is 15.6 Å². The van der Waals surface area contributed by atoms with Crippen LogP contribution in [0.3, 0.4) is 0 Å². The highest BCUT2D eigenvalue weighted by Gasteiger charge is 2.26. The van der Waals surface area contributed by atoms with Crippen LogP contribution < -0.4 is 5.43 Å². The number of carbonyl (C=O) groups is 1. The third-order valence-corrected chi connectivity index (χ3v) is 6.85. The maximum absolute atomic E-state index is 13.1. The standard InChI is InChI=1S/C23H22BrN3O3S/c24-21-13-11-20(12-14-21)17-25-26-23(28)18-27(16-15-19-7-3-1-4-8-19)31(29,30)22-9-5-2-6-10-22/h1-14,17H,15-16,18H2,(H,26,28)/b25-17+. The molecular formula is C23H22BrN3O3S. The minimum absolute atomic E-state index is 0.147. The molecule has 0 saturated carbocycles. The van der Waals surface area contributed by atoms with E-state index in [-0.39, 0.29) is 18.0 Å². The van der Waals surface area contributed by atoms with Gasteiger partial charge < -0.3 is 0 Å². The van der Waals surface area contributed by atoms with Gasteiger partial charge in [-0.1, -0.05) is 76.6 Å². The fourth-order valence-electron chi connectivity index (χ4n) is 2.85. The molecule has 3 aromatic rings. The molecule has 31 heavy (non-hydrogen) atoms. The molecule has 0 heterocycles. The Morgan fingerprint density at radius 1 is 0.935 bits per heavy atom. The van der Waals surface area contributed by atoms with Crippen LogP contribution in [0.1, 0.15) is 11.1 Å². The topological polar surface area (TPSA) is 78.8 Å². The van der Waals surface area contributed by atoms with Crippen molar-refractivity contribution in [3.8, 4) is 0 Å². The van der Waals surface area contributed by atoms with Crippen molar-refractivity contribution in [2.75, 3.05) is 13.1 Å². The lowest BCUT2D eigenvalue weighted by Gasteiger charge is -2.21. The van der Waals surface area contributed by atoms with Crippen LogP contribution in [0.4, 0.5) is 0 Å². The quantitative estimate of drug-likeness (QED) is 0.358. The highest BCUT2D eigenvalue weighted by Crippen LogP contribution is 2.16. The van der Waals surface area contributed by atoms with E-state index < -0.39 is 15.9 Å². The van der Waals surface area contributed by atoms with Crippen molar-refractivity contribution in [1.29, 1.82) is 0 Å². The predicted molar refractivity (Wildman–Crippen MR) is 125 cm³/mol. The van der Waals surface area contributed by atoms with Gasteiger partial charge in [-0.2, -0.15) is 9.41 Å². The van der Waals surface area contributed by atoms with Crippen molar-refractivity contribution in [3.05, 3.63) is 101 Å². The summed E-state index contributed by atoms with van der Waals surface area (Å²) in [7, 11) is -3.83. The number of nitrogens with zero attached hydrogens (tertiary/aromatic N) is 2. The number of carbonyl (C=O) groups excluding carboxylic acids is 1. The number of halogens is 1. The Hall–Kier alpha value is -2.81. The maximum atomic E-state index is 13.1. The number of amides is 1. The van der Waals surface area contributed by atoms with E-state index in [4.69, 9.17) is 0 Å². The third kappa shape index (κ3) is 6.85. The third-order valence-electron chi connectivity index (χ3n) is 4.47. The van der Waals surface area contributed by atoms with Crippen LogP contribution in [0.5, 0.6) is 0 Å². The molecular weight excluding hydrogens is 478 g/mol. The van der Waals surface area contributed by atoms with E-state index in [0.29, 0.717) is 6.42 Å². The monoisotopic (exact) mass is 499 g/mol. The molecule has 160 valence electrons. The highest BCUT2D eigenvalue weighted by atomic mass is 79.9. The summed E-state index contributed by atoms with van der Waals surface area (Å²) in [6, 6.07) is 25.1.